The first kappa shape index (κ1) is 18.8. The second kappa shape index (κ2) is 7.48. The number of hydrogen-bond acceptors (Lipinski definition) is 6. The Kier molecular flexibility index (Phi) is 5.03. The van der Waals surface area contributed by atoms with E-state index in [0.717, 1.165) is 11.3 Å². The van der Waals surface area contributed by atoms with Gasteiger partial charge in [-0.25, -0.2) is 18.4 Å². The van der Waals surface area contributed by atoms with Crippen LogP contribution in [0, 0.1) is 0 Å². The van der Waals surface area contributed by atoms with Gasteiger partial charge in [-0.05, 0) is 43.2 Å². The van der Waals surface area contributed by atoms with Gasteiger partial charge in [-0.3, -0.25) is 4.79 Å². The van der Waals surface area contributed by atoms with Crippen LogP contribution in [0.25, 0.3) is 0 Å². The molecule has 1 amide bonds. The molecule has 0 N–H and O–H groups in total. The van der Waals surface area contributed by atoms with Crippen LogP contribution in [0.4, 0.5) is 11.6 Å². The van der Waals surface area contributed by atoms with Crippen LogP contribution >= 0.6 is 0 Å². The third-order valence-corrected chi connectivity index (χ3v) is 7.17. The Hall–Kier alpha value is -2.52. The van der Waals surface area contributed by atoms with Gasteiger partial charge in [0, 0.05) is 57.2 Å². The van der Waals surface area contributed by atoms with Gasteiger partial charge in [0.15, 0.2) is 0 Å². The van der Waals surface area contributed by atoms with Crippen molar-refractivity contribution >= 4 is 27.6 Å². The van der Waals surface area contributed by atoms with Gasteiger partial charge in [0.25, 0.3) is 0 Å². The molecule has 3 heterocycles. The number of sulfonamides is 1. The predicted octanol–water partition coefficient (Wildman–Crippen LogP) is 1.29. The average molecular weight is 401 g/mol. The molecule has 0 unspecified atom stereocenters. The predicted molar refractivity (Wildman–Crippen MR) is 106 cm³/mol. The maximum Gasteiger partial charge on any atom is 0.243 e. The van der Waals surface area contributed by atoms with Crippen molar-refractivity contribution in [2.24, 2.45) is 0 Å². The number of anilines is 2. The summed E-state index contributed by atoms with van der Waals surface area (Å²) in [6.07, 6.45) is 4.36. The molecule has 1 fully saturated rings. The fourth-order valence-corrected chi connectivity index (χ4v) is 5.25. The van der Waals surface area contributed by atoms with Gasteiger partial charge in [0.05, 0.1) is 4.90 Å². The van der Waals surface area contributed by atoms with Gasteiger partial charge >= 0.3 is 0 Å². The fourth-order valence-electron chi connectivity index (χ4n) is 3.78. The van der Waals surface area contributed by atoms with Crippen molar-refractivity contribution in [1.29, 1.82) is 0 Å². The molecule has 4 rings (SSSR count). The van der Waals surface area contributed by atoms with Gasteiger partial charge in [-0.2, -0.15) is 4.31 Å². The minimum absolute atomic E-state index is 0.0878. The van der Waals surface area contributed by atoms with Crippen molar-refractivity contribution in [3.63, 3.8) is 0 Å². The highest BCUT2D eigenvalue weighted by Crippen LogP contribution is 2.31. The maximum absolute atomic E-state index is 13.1. The highest BCUT2D eigenvalue weighted by molar-refractivity contribution is 7.89. The van der Waals surface area contributed by atoms with Gasteiger partial charge < -0.3 is 9.80 Å². The lowest BCUT2D eigenvalue weighted by Crippen LogP contribution is -2.49. The van der Waals surface area contributed by atoms with Crippen LogP contribution in [-0.4, -0.2) is 61.3 Å². The van der Waals surface area contributed by atoms with E-state index in [4.69, 9.17) is 0 Å². The molecule has 0 saturated carbocycles. The topological polar surface area (TPSA) is 86.7 Å². The Morgan fingerprint density at radius 2 is 1.75 bits per heavy atom. The highest BCUT2D eigenvalue weighted by Gasteiger charge is 2.31. The molecule has 8 nitrogen and oxygen atoms in total. The Morgan fingerprint density at radius 3 is 2.43 bits per heavy atom. The molecule has 9 heteroatoms. The Bertz CT molecular complexity index is 972. The van der Waals surface area contributed by atoms with Crippen molar-refractivity contribution in [1.82, 2.24) is 14.3 Å². The summed E-state index contributed by atoms with van der Waals surface area (Å²) in [6.45, 7) is 4.38. The number of benzene rings is 1. The second-order valence-corrected chi connectivity index (χ2v) is 8.81. The quantitative estimate of drug-likeness (QED) is 0.767. The smallest absolute Gasteiger partial charge is 0.243 e. The van der Waals surface area contributed by atoms with Crippen LogP contribution in [0.1, 0.15) is 18.9 Å². The van der Waals surface area contributed by atoms with Gasteiger partial charge in [-0.15, -0.1) is 0 Å². The molecule has 0 bridgehead atoms. The first-order valence-electron chi connectivity index (χ1n) is 9.46. The van der Waals surface area contributed by atoms with Crippen LogP contribution in [0.2, 0.25) is 0 Å². The number of aromatic nitrogens is 2. The Morgan fingerprint density at radius 1 is 1.04 bits per heavy atom. The van der Waals surface area contributed by atoms with Crippen molar-refractivity contribution < 1.29 is 13.2 Å². The summed E-state index contributed by atoms with van der Waals surface area (Å²) >= 11 is 0. The first-order chi connectivity index (χ1) is 13.5. The second-order valence-electron chi connectivity index (χ2n) is 6.87. The molecule has 0 aliphatic carbocycles. The van der Waals surface area contributed by atoms with Crippen molar-refractivity contribution in [3.05, 3.63) is 42.2 Å². The third kappa shape index (κ3) is 3.35. The number of rotatable bonds is 4. The van der Waals surface area contributed by atoms with Gasteiger partial charge in [-0.1, -0.05) is 0 Å². The fraction of sp³-hybridized carbons (Fsp3) is 0.421. The minimum atomic E-state index is -3.58. The largest absolute Gasteiger partial charge is 0.338 e. The lowest BCUT2D eigenvalue weighted by Gasteiger charge is -2.34. The summed E-state index contributed by atoms with van der Waals surface area (Å²) in [5.41, 5.74) is 1.74. The first-order valence-corrected chi connectivity index (χ1v) is 10.9. The van der Waals surface area contributed by atoms with Crippen molar-refractivity contribution in [3.8, 4) is 0 Å². The molecule has 148 valence electrons. The molecule has 1 aromatic carbocycles. The molecule has 2 aromatic rings. The number of carbonyl (C=O) groups excluding carboxylic acids is 1. The number of piperazine rings is 1. The van der Waals surface area contributed by atoms with Crippen LogP contribution in [0.3, 0.4) is 0 Å². The number of fused-ring (bicyclic) bond motifs is 1. The van der Waals surface area contributed by atoms with Crippen LogP contribution in [0.5, 0.6) is 0 Å². The molecule has 28 heavy (non-hydrogen) atoms. The molecule has 0 spiro atoms. The zero-order valence-corrected chi connectivity index (χ0v) is 16.6. The zero-order chi connectivity index (χ0) is 19.7. The van der Waals surface area contributed by atoms with E-state index in [1.807, 2.05) is 11.8 Å². The zero-order valence-electron chi connectivity index (χ0n) is 15.8. The van der Waals surface area contributed by atoms with Crippen LogP contribution < -0.4 is 9.80 Å². The standard InChI is InChI=1S/C19H23N5O3S/c1-2-24-17-6-5-16(14-15(17)4-7-18(24)25)28(26,27)23-12-10-22(11-13-23)19-20-8-3-9-21-19/h3,5-6,8-9,14H,2,4,7,10-13H2,1H3. The summed E-state index contributed by atoms with van der Waals surface area (Å²) < 4.78 is 27.8. The molecule has 1 aromatic heterocycles. The van der Waals surface area contributed by atoms with Crippen LogP contribution in [-0.2, 0) is 21.2 Å². The molecule has 2 aliphatic rings. The van der Waals surface area contributed by atoms with Crippen LogP contribution in [0.15, 0.2) is 41.6 Å². The number of amides is 1. The maximum atomic E-state index is 13.1. The SMILES string of the molecule is CCN1C(=O)CCc2cc(S(=O)(=O)N3CCN(c4ncccn4)CC3)ccc21. The lowest BCUT2D eigenvalue weighted by molar-refractivity contribution is -0.118. The van der Waals surface area contributed by atoms with E-state index in [1.165, 1.54) is 4.31 Å². The number of carbonyl (C=O) groups is 1. The van der Waals surface area contributed by atoms with E-state index >= 15 is 0 Å². The summed E-state index contributed by atoms with van der Waals surface area (Å²) in [5.74, 6) is 0.711. The molecule has 0 radical (unpaired) electrons. The normalized spacial score (nSPS) is 18.2. The van der Waals surface area contributed by atoms with Gasteiger partial charge in [0.1, 0.15) is 0 Å². The minimum Gasteiger partial charge on any atom is -0.338 e. The summed E-state index contributed by atoms with van der Waals surface area (Å²) in [6, 6.07) is 6.86. The molecule has 0 atom stereocenters. The highest BCUT2D eigenvalue weighted by atomic mass is 32.2. The molecule has 2 aliphatic heterocycles. The Labute approximate surface area is 164 Å². The van der Waals surface area contributed by atoms with E-state index in [-0.39, 0.29) is 5.91 Å². The lowest BCUT2D eigenvalue weighted by atomic mass is 10.0. The summed E-state index contributed by atoms with van der Waals surface area (Å²) in [7, 11) is -3.58. The summed E-state index contributed by atoms with van der Waals surface area (Å²) in [4.78, 5) is 24.5. The molecular formula is C19H23N5O3S. The molecular weight excluding hydrogens is 378 g/mol. The monoisotopic (exact) mass is 401 g/mol. The number of aryl methyl sites for hydroxylation is 1. The van der Waals surface area contributed by atoms with E-state index < -0.39 is 10.0 Å². The van der Waals surface area contributed by atoms with E-state index in [2.05, 4.69) is 9.97 Å². The molecule has 1 saturated heterocycles. The van der Waals surface area contributed by atoms with Crippen molar-refractivity contribution in [2.75, 3.05) is 42.5 Å². The van der Waals surface area contributed by atoms with Crippen molar-refractivity contribution in [2.45, 2.75) is 24.7 Å². The van der Waals surface area contributed by atoms with Gasteiger partial charge in [0.2, 0.25) is 21.9 Å². The Balaban J connectivity index is 1.52. The number of hydrogen-bond donors (Lipinski definition) is 0. The third-order valence-electron chi connectivity index (χ3n) is 5.28. The average Bonchev–Trinajstić information content (AvgIpc) is 2.74. The summed E-state index contributed by atoms with van der Waals surface area (Å²) in [5, 5.41) is 0. The van der Waals surface area contributed by atoms with E-state index in [1.54, 1.807) is 41.6 Å². The van der Waals surface area contributed by atoms with E-state index in [9.17, 15) is 13.2 Å². The van der Waals surface area contributed by atoms with E-state index in [0.29, 0.717) is 56.4 Å². The number of nitrogens with zero attached hydrogens (tertiary/aromatic N) is 5.